The highest BCUT2D eigenvalue weighted by Gasteiger charge is 2.36. The fraction of sp³-hybridized carbons (Fsp3) is 0.857. The maximum atomic E-state index is 12.3. The van der Waals surface area contributed by atoms with Gasteiger partial charge in [0, 0.05) is 25.2 Å². The van der Waals surface area contributed by atoms with Crippen LogP contribution in [0.1, 0.15) is 32.1 Å². The maximum Gasteiger partial charge on any atom is 0.214 e. The summed E-state index contributed by atoms with van der Waals surface area (Å²) in [5.41, 5.74) is 0. The molecule has 0 radical (unpaired) electrons. The van der Waals surface area contributed by atoms with E-state index < -0.39 is 10.0 Å². The average Bonchev–Trinajstić information content (AvgIpc) is 3.06. The van der Waals surface area contributed by atoms with Crippen LogP contribution >= 0.6 is 0 Å². The molecule has 0 aromatic carbocycles. The SMILES string of the molecule is C=CCCS(=O)(=O)N1CCCC1CN1CCCC1CO. The Hall–Kier alpha value is -0.430. The number of aliphatic hydroxyl groups excluding tert-OH is 1. The number of nitrogens with zero attached hydrogens (tertiary/aromatic N) is 2. The van der Waals surface area contributed by atoms with E-state index >= 15 is 0 Å². The number of hydrogen-bond donors (Lipinski definition) is 1. The van der Waals surface area contributed by atoms with E-state index in [1.54, 1.807) is 10.4 Å². The first-order valence-electron chi connectivity index (χ1n) is 7.54. The van der Waals surface area contributed by atoms with Crippen LogP contribution in [0.5, 0.6) is 0 Å². The second kappa shape index (κ2) is 7.02. The molecule has 0 amide bonds. The maximum absolute atomic E-state index is 12.3. The Labute approximate surface area is 122 Å². The molecule has 0 aliphatic carbocycles. The number of likely N-dealkylation sites (tertiary alicyclic amines) is 1. The standard InChI is InChI=1S/C14H26N2O3S/c1-2-3-10-20(18,19)16-9-5-6-13(16)11-15-8-4-7-14(15)12-17/h2,13-14,17H,1,3-12H2. The van der Waals surface area contributed by atoms with Crippen molar-refractivity contribution in [3.05, 3.63) is 12.7 Å². The molecule has 0 bridgehead atoms. The van der Waals surface area contributed by atoms with Gasteiger partial charge in [-0.1, -0.05) is 6.08 Å². The average molecular weight is 302 g/mol. The lowest BCUT2D eigenvalue weighted by Crippen LogP contribution is -2.46. The van der Waals surface area contributed by atoms with E-state index in [-0.39, 0.29) is 24.4 Å². The summed E-state index contributed by atoms with van der Waals surface area (Å²) < 4.78 is 26.4. The zero-order chi connectivity index (χ0) is 14.6. The van der Waals surface area contributed by atoms with Crippen LogP contribution < -0.4 is 0 Å². The molecule has 6 heteroatoms. The Balaban J connectivity index is 1.98. The summed E-state index contributed by atoms with van der Waals surface area (Å²) in [6.07, 6.45) is 6.16. The van der Waals surface area contributed by atoms with Crippen LogP contribution in [0.3, 0.4) is 0 Å². The third-order valence-corrected chi connectivity index (χ3v) is 6.36. The molecule has 20 heavy (non-hydrogen) atoms. The van der Waals surface area contributed by atoms with Gasteiger partial charge in [0.15, 0.2) is 0 Å². The van der Waals surface area contributed by atoms with E-state index in [2.05, 4.69) is 11.5 Å². The first kappa shape index (κ1) is 15.9. The lowest BCUT2D eigenvalue weighted by Gasteiger charge is -2.30. The molecule has 2 rings (SSSR count). The monoisotopic (exact) mass is 302 g/mol. The molecule has 0 aromatic rings. The van der Waals surface area contributed by atoms with Crippen LogP contribution in [0.15, 0.2) is 12.7 Å². The Bertz CT molecular complexity index is 424. The van der Waals surface area contributed by atoms with Crippen molar-refractivity contribution in [2.24, 2.45) is 0 Å². The van der Waals surface area contributed by atoms with Gasteiger partial charge in [0.05, 0.1) is 12.4 Å². The minimum atomic E-state index is -3.16. The third-order valence-electron chi connectivity index (χ3n) is 4.42. The zero-order valence-electron chi connectivity index (χ0n) is 12.1. The molecule has 0 saturated carbocycles. The summed E-state index contributed by atoms with van der Waals surface area (Å²) in [4.78, 5) is 2.26. The molecule has 2 fully saturated rings. The zero-order valence-corrected chi connectivity index (χ0v) is 12.9. The molecule has 2 aliphatic rings. The van der Waals surface area contributed by atoms with Crippen LogP contribution in [0.4, 0.5) is 0 Å². The smallest absolute Gasteiger partial charge is 0.214 e. The molecule has 2 saturated heterocycles. The van der Waals surface area contributed by atoms with Crippen molar-refractivity contribution in [2.45, 2.75) is 44.2 Å². The predicted octanol–water partition coefficient (Wildman–Crippen LogP) is 0.813. The number of allylic oxidation sites excluding steroid dienone is 1. The fourth-order valence-corrected chi connectivity index (χ4v) is 5.05. The number of sulfonamides is 1. The summed E-state index contributed by atoms with van der Waals surface area (Å²) in [5, 5.41) is 9.37. The number of aliphatic hydroxyl groups is 1. The van der Waals surface area contributed by atoms with Crippen LogP contribution in [0.25, 0.3) is 0 Å². The Morgan fingerprint density at radius 1 is 1.20 bits per heavy atom. The van der Waals surface area contributed by atoms with E-state index in [0.717, 1.165) is 38.8 Å². The van der Waals surface area contributed by atoms with Crippen LogP contribution in [-0.2, 0) is 10.0 Å². The van der Waals surface area contributed by atoms with Gasteiger partial charge in [0.25, 0.3) is 0 Å². The van der Waals surface area contributed by atoms with Gasteiger partial charge in [-0.2, -0.15) is 4.31 Å². The van der Waals surface area contributed by atoms with Crippen molar-refractivity contribution in [1.82, 2.24) is 9.21 Å². The second-order valence-electron chi connectivity index (χ2n) is 5.77. The molecule has 0 aromatic heterocycles. The minimum absolute atomic E-state index is 0.0805. The van der Waals surface area contributed by atoms with Crippen molar-refractivity contribution in [3.8, 4) is 0 Å². The summed E-state index contributed by atoms with van der Waals surface area (Å²) in [5.74, 6) is 0.163. The van der Waals surface area contributed by atoms with Gasteiger partial charge >= 0.3 is 0 Å². The van der Waals surface area contributed by atoms with E-state index in [4.69, 9.17) is 0 Å². The van der Waals surface area contributed by atoms with Gasteiger partial charge in [-0.25, -0.2) is 8.42 Å². The van der Waals surface area contributed by atoms with Crippen molar-refractivity contribution in [1.29, 1.82) is 0 Å². The molecular weight excluding hydrogens is 276 g/mol. The quantitative estimate of drug-likeness (QED) is 0.707. The molecular formula is C14H26N2O3S. The topological polar surface area (TPSA) is 60.9 Å². The Kier molecular flexibility index (Phi) is 5.60. The first-order valence-corrected chi connectivity index (χ1v) is 9.14. The van der Waals surface area contributed by atoms with Gasteiger partial charge in [-0.3, -0.25) is 4.90 Å². The van der Waals surface area contributed by atoms with Crippen LogP contribution in [-0.4, -0.2) is 66.8 Å². The molecule has 5 nitrogen and oxygen atoms in total. The van der Waals surface area contributed by atoms with Gasteiger partial charge < -0.3 is 5.11 Å². The lowest BCUT2D eigenvalue weighted by molar-refractivity contribution is 0.140. The summed E-state index contributed by atoms with van der Waals surface area (Å²) in [7, 11) is -3.16. The summed E-state index contributed by atoms with van der Waals surface area (Å²) in [6, 6.07) is 0.297. The van der Waals surface area contributed by atoms with Gasteiger partial charge in [0.2, 0.25) is 10.0 Å². The first-order chi connectivity index (χ1) is 9.58. The summed E-state index contributed by atoms with van der Waals surface area (Å²) >= 11 is 0. The third kappa shape index (κ3) is 3.61. The van der Waals surface area contributed by atoms with Crippen molar-refractivity contribution >= 4 is 10.0 Å². The van der Waals surface area contributed by atoms with Crippen LogP contribution in [0.2, 0.25) is 0 Å². The highest BCUT2D eigenvalue weighted by atomic mass is 32.2. The highest BCUT2D eigenvalue weighted by Crippen LogP contribution is 2.25. The Morgan fingerprint density at radius 2 is 1.90 bits per heavy atom. The molecule has 0 spiro atoms. The molecule has 2 atom stereocenters. The van der Waals surface area contributed by atoms with Crippen molar-refractivity contribution in [3.63, 3.8) is 0 Å². The normalized spacial score (nSPS) is 29.1. The van der Waals surface area contributed by atoms with E-state index in [1.807, 2.05) is 0 Å². The van der Waals surface area contributed by atoms with Crippen LogP contribution in [0, 0.1) is 0 Å². The number of hydrogen-bond acceptors (Lipinski definition) is 4. The van der Waals surface area contributed by atoms with Gasteiger partial charge in [-0.05, 0) is 38.6 Å². The van der Waals surface area contributed by atoms with Gasteiger partial charge in [0.1, 0.15) is 0 Å². The van der Waals surface area contributed by atoms with E-state index in [0.29, 0.717) is 13.0 Å². The number of rotatable bonds is 7. The predicted molar refractivity (Wildman–Crippen MR) is 80.0 cm³/mol. The summed E-state index contributed by atoms with van der Waals surface area (Å²) in [6.45, 7) is 6.15. The molecule has 116 valence electrons. The minimum Gasteiger partial charge on any atom is -0.395 e. The highest BCUT2D eigenvalue weighted by molar-refractivity contribution is 7.89. The lowest BCUT2D eigenvalue weighted by atomic mass is 10.2. The second-order valence-corrected chi connectivity index (χ2v) is 7.81. The molecule has 2 heterocycles. The Morgan fingerprint density at radius 3 is 2.60 bits per heavy atom. The van der Waals surface area contributed by atoms with Crippen molar-refractivity contribution < 1.29 is 13.5 Å². The molecule has 2 unspecified atom stereocenters. The van der Waals surface area contributed by atoms with E-state index in [1.165, 1.54) is 0 Å². The van der Waals surface area contributed by atoms with Gasteiger partial charge in [-0.15, -0.1) is 6.58 Å². The van der Waals surface area contributed by atoms with E-state index in [9.17, 15) is 13.5 Å². The fourth-order valence-electron chi connectivity index (χ4n) is 3.32. The van der Waals surface area contributed by atoms with Crippen molar-refractivity contribution in [2.75, 3.05) is 32.0 Å². The molecule has 2 aliphatic heterocycles. The molecule has 1 N–H and O–H groups in total. The largest absolute Gasteiger partial charge is 0.395 e.